The molecule has 0 saturated heterocycles. The molecule has 0 aliphatic heterocycles. The van der Waals surface area contributed by atoms with E-state index in [4.69, 9.17) is 34.8 Å². The summed E-state index contributed by atoms with van der Waals surface area (Å²) in [5.41, 5.74) is 0.706. The summed E-state index contributed by atoms with van der Waals surface area (Å²) in [4.78, 5) is 23.4. The van der Waals surface area contributed by atoms with E-state index in [9.17, 15) is 9.59 Å². The van der Waals surface area contributed by atoms with Gasteiger partial charge in [-0.2, -0.15) is 0 Å². The third-order valence-electron chi connectivity index (χ3n) is 2.55. The van der Waals surface area contributed by atoms with Crippen molar-refractivity contribution in [1.82, 2.24) is 0 Å². The number of hydrogen-bond donors (Lipinski definition) is 0. The summed E-state index contributed by atoms with van der Waals surface area (Å²) in [5.74, 6) is -0.347. The van der Waals surface area contributed by atoms with Gasteiger partial charge >= 0.3 is 0 Å². The van der Waals surface area contributed by atoms with Crippen LogP contribution in [-0.2, 0) is 0 Å². The molecule has 0 aliphatic rings. The number of carbonyl (C=O) groups is 2. The molecule has 0 aromatic heterocycles. The first kappa shape index (κ1) is 14.1. The molecule has 2 aromatic rings. The standard InChI is InChI=1S/C14H7Cl3O2/c15-10-3-1-8(2-4-10)14(19)13-9(7-18)5-11(16)6-12(13)17/h1-7H. The summed E-state index contributed by atoms with van der Waals surface area (Å²) in [6.07, 6.45) is 0.556. The van der Waals surface area contributed by atoms with Gasteiger partial charge in [0.1, 0.15) is 0 Å². The van der Waals surface area contributed by atoms with Crippen LogP contribution in [0.25, 0.3) is 0 Å². The Kier molecular flexibility index (Phi) is 4.25. The number of benzene rings is 2. The van der Waals surface area contributed by atoms with Crippen molar-refractivity contribution in [2.75, 3.05) is 0 Å². The van der Waals surface area contributed by atoms with Crippen molar-refractivity contribution < 1.29 is 9.59 Å². The molecule has 0 amide bonds. The van der Waals surface area contributed by atoms with Crippen LogP contribution in [-0.4, -0.2) is 12.1 Å². The molecule has 2 rings (SSSR count). The fraction of sp³-hybridized carbons (Fsp3) is 0. The Balaban J connectivity index is 2.55. The highest BCUT2D eigenvalue weighted by Gasteiger charge is 2.18. The molecule has 0 radical (unpaired) electrons. The number of ketones is 1. The Morgan fingerprint density at radius 3 is 2.16 bits per heavy atom. The normalized spacial score (nSPS) is 10.3. The summed E-state index contributed by atoms with van der Waals surface area (Å²) in [6, 6.07) is 9.18. The second kappa shape index (κ2) is 5.74. The second-order valence-corrected chi connectivity index (χ2v) is 5.09. The first-order chi connectivity index (χ1) is 9.02. The monoisotopic (exact) mass is 312 g/mol. The van der Waals surface area contributed by atoms with E-state index >= 15 is 0 Å². The summed E-state index contributed by atoms with van der Waals surface area (Å²) in [7, 11) is 0. The van der Waals surface area contributed by atoms with E-state index in [2.05, 4.69) is 0 Å². The molecule has 0 fully saturated rings. The van der Waals surface area contributed by atoms with Gasteiger partial charge in [0.2, 0.25) is 0 Å². The zero-order valence-electron chi connectivity index (χ0n) is 9.49. The first-order valence-corrected chi connectivity index (χ1v) is 6.41. The SMILES string of the molecule is O=Cc1cc(Cl)cc(Cl)c1C(=O)c1ccc(Cl)cc1. The smallest absolute Gasteiger partial charge is 0.195 e. The Morgan fingerprint density at radius 2 is 1.58 bits per heavy atom. The number of rotatable bonds is 3. The predicted octanol–water partition coefficient (Wildman–Crippen LogP) is 4.69. The molecule has 96 valence electrons. The average molecular weight is 314 g/mol. The molecular weight excluding hydrogens is 307 g/mol. The van der Waals surface area contributed by atoms with Gasteiger partial charge in [0.05, 0.1) is 10.6 Å². The van der Waals surface area contributed by atoms with Crippen molar-refractivity contribution in [1.29, 1.82) is 0 Å². The van der Waals surface area contributed by atoms with Crippen molar-refractivity contribution in [2.24, 2.45) is 0 Å². The Bertz CT molecular complexity index is 648. The van der Waals surface area contributed by atoms with Gasteiger partial charge in [-0.1, -0.05) is 34.8 Å². The molecule has 0 saturated carbocycles. The van der Waals surface area contributed by atoms with Gasteiger partial charge in [-0.25, -0.2) is 0 Å². The van der Waals surface area contributed by atoms with E-state index in [0.29, 0.717) is 21.9 Å². The van der Waals surface area contributed by atoms with Crippen molar-refractivity contribution in [3.05, 3.63) is 68.2 Å². The van der Waals surface area contributed by atoms with Gasteiger partial charge in [-0.15, -0.1) is 0 Å². The van der Waals surface area contributed by atoms with Crippen LogP contribution < -0.4 is 0 Å². The van der Waals surface area contributed by atoms with Crippen LogP contribution in [0.4, 0.5) is 0 Å². The van der Waals surface area contributed by atoms with E-state index in [0.717, 1.165) is 0 Å². The molecule has 0 atom stereocenters. The van der Waals surface area contributed by atoms with E-state index in [1.54, 1.807) is 24.3 Å². The lowest BCUT2D eigenvalue weighted by Crippen LogP contribution is -2.06. The molecule has 0 aliphatic carbocycles. The zero-order valence-corrected chi connectivity index (χ0v) is 11.8. The molecule has 0 bridgehead atoms. The Labute approximate surface area is 124 Å². The number of carbonyl (C=O) groups excluding carboxylic acids is 2. The minimum atomic E-state index is -0.347. The number of aldehydes is 1. The molecular formula is C14H7Cl3O2. The topological polar surface area (TPSA) is 34.1 Å². The largest absolute Gasteiger partial charge is 0.298 e. The lowest BCUT2D eigenvalue weighted by atomic mass is 9.99. The van der Waals surface area contributed by atoms with Gasteiger partial charge in [0, 0.05) is 21.2 Å². The Morgan fingerprint density at radius 1 is 0.947 bits per heavy atom. The van der Waals surface area contributed by atoms with E-state index in [-0.39, 0.29) is 21.9 Å². The maximum Gasteiger partial charge on any atom is 0.195 e. The summed E-state index contributed by atoms with van der Waals surface area (Å²) < 4.78 is 0. The molecule has 2 nitrogen and oxygen atoms in total. The van der Waals surface area contributed by atoms with Gasteiger partial charge < -0.3 is 0 Å². The van der Waals surface area contributed by atoms with Crippen LogP contribution in [0.15, 0.2) is 36.4 Å². The fourth-order valence-electron chi connectivity index (χ4n) is 1.67. The molecule has 0 N–H and O–H groups in total. The number of hydrogen-bond acceptors (Lipinski definition) is 2. The van der Waals surface area contributed by atoms with Crippen LogP contribution >= 0.6 is 34.8 Å². The molecule has 0 spiro atoms. The van der Waals surface area contributed by atoms with Crippen molar-refractivity contribution >= 4 is 46.9 Å². The van der Waals surface area contributed by atoms with Crippen molar-refractivity contribution in [3.8, 4) is 0 Å². The fourth-order valence-corrected chi connectivity index (χ4v) is 2.39. The van der Waals surface area contributed by atoms with E-state index in [1.165, 1.54) is 12.1 Å². The van der Waals surface area contributed by atoms with Crippen LogP contribution in [0, 0.1) is 0 Å². The van der Waals surface area contributed by atoms with Crippen molar-refractivity contribution in [2.45, 2.75) is 0 Å². The maximum atomic E-state index is 12.3. The lowest BCUT2D eigenvalue weighted by molar-refractivity contribution is 0.102. The lowest BCUT2D eigenvalue weighted by Gasteiger charge is -2.07. The number of halogens is 3. The Hall–Kier alpha value is -1.35. The van der Waals surface area contributed by atoms with Crippen LogP contribution in [0.5, 0.6) is 0 Å². The third kappa shape index (κ3) is 2.98. The van der Waals surface area contributed by atoms with Gasteiger partial charge in [0.15, 0.2) is 12.1 Å². The molecule has 5 heteroatoms. The minimum Gasteiger partial charge on any atom is -0.298 e. The van der Waals surface area contributed by atoms with E-state index < -0.39 is 0 Å². The van der Waals surface area contributed by atoms with Crippen LogP contribution in [0.3, 0.4) is 0 Å². The van der Waals surface area contributed by atoms with Gasteiger partial charge in [-0.05, 0) is 36.4 Å². The first-order valence-electron chi connectivity index (χ1n) is 5.27. The molecule has 0 unspecified atom stereocenters. The summed E-state index contributed by atoms with van der Waals surface area (Å²) in [6.45, 7) is 0. The highest BCUT2D eigenvalue weighted by molar-refractivity contribution is 6.38. The molecule has 19 heavy (non-hydrogen) atoms. The second-order valence-electron chi connectivity index (χ2n) is 3.81. The van der Waals surface area contributed by atoms with Crippen molar-refractivity contribution in [3.63, 3.8) is 0 Å². The minimum absolute atomic E-state index is 0.142. The van der Waals surface area contributed by atoms with Crippen LogP contribution in [0.1, 0.15) is 26.3 Å². The quantitative estimate of drug-likeness (QED) is 0.608. The van der Waals surface area contributed by atoms with E-state index in [1.807, 2.05) is 0 Å². The predicted molar refractivity (Wildman–Crippen MR) is 76.7 cm³/mol. The maximum absolute atomic E-state index is 12.3. The highest BCUT2D eigenvalue weighted by Crippen LogP contribution is 2.27. The molecule has 2 aromatic carbocycles. The third-order valence-corrected chi connectivity index (χ3v) is 3.31. The summed E-state index contributed by atoms with van der Waals surface area (Å²) in [5, 5.41) is 0.976. The highest BCUT2D eigenvalue weighted by atomic mass is 35.5. The van der Waals surface area contributed by atoms with Crippen LogP contribution in [0.2, 0.25) is 15.1 Å². The van der Waals surface area contributed by atoms with Gasteiger partial charge in [0.25, 0.3) is 0 Å². The van der Waals surface area contributed by atoms with Gasteiger partial charge in [-0.3, -0.25) is 9.59 Å². The average Bonchev–Trinajstić information content (AvgIpc) is 2.38. The summed E-state index contributed by atoms with van der Waals surface area (Å²) >= 11 is 17.6. The molecule has 0 heterocycles. The zero-order chi connectivity index (χ0) is 14.0.